The van der Waals surface area contributed by atoms with Gasteiger partial charge in [0.25, 0.3) is 0 Å². The van der Waals surface area contributed by atoms with Gasteiger partial charge in [-0.1, -0.05) is 160 Å². The number of fused-ring (bicyclic) bond motifs is 21. The van der Waals surface area contributed by atoms with Gasteiger partial charge in [0.15, 0.2) is 5.58 Å². The first kappa shape index (κ1) is 63.1. The third-order valence-corrected chi connectivity index (χ3v) is 25.2. The van der Waals surface area contributed by atoms with Crippen molar-refractivity contribution in [3.63, 3.8) is 0 Å². The third kappa shape index (κ3) is 12.4. The van der Waals surface area contributed by atoms with E-state index in [1.165, 1.54) is 134 Å². The molecular weight excluding hydrogens is 1260 g/mol. The fourth-order valence-electron chi connectivity index (χ4n) is 13.9. The SMILES string of the molecule is CCCn1c2ccccc2c2ccncc21.CCS1(CC)c2ccccc2-c2ccncc21.c1ccc2c(c1)Cc1ccncc1-2.c1ccc2c(c1)Cc1cnccc1-2.c1ccc2c(c1)oc1cnccc12.c1ccc2c(c1)sc1ccncc12.c1ccc2c(c1)sc1cnccc12. The third-order valence-electron chi connectivity index (χ3n) is 18.5. The van der Waals surface area contributed by atoms with Crippen molar-refractivity contribution >= 4 is 117 Å². The minimum absolute atomic E-state index is 0.818. The van der Waals surface area contributed by atoms with E-state index in [1.807, 2.05) is 104 Å². The molecule has 0 unspecified atom stereocenters. The summed E-state index contributed by atoms with van der Waals surface area (Å²) in [4.78, 5) is 32.2. The van der Waals surface area contributed by atoms with Crippen molar-refractivity contribution in [2.45, 2.75) is 56.4 Å². The molecule has 0 bridgehead atoms. The maximum atomic E-state index is 5.59. The van der Waals surface area contributed by atoms with Crippen LogP contribution < -0.4 is 0 Å². The number of para-hydroxylation sites is 2. The summed E-state index contributed by atoms with van der Waals surface area (Å²) in [5.41, 5.74) is 18.1. The fraction of sp³-hybridized carbons (Fsp3) is 0.105. The molecule has 3 aliphatic rings. The van der Waals surface area contributed by atoms with Gasteiger partial charge in [0, 0.05) is 165 Å². The lowest BCUT2D eigenvalue weighted by molar-refractivity contribution is 0.667. The number of hydrogen-bond acceptors (Lipinski definition) is 10. The van der Waals surface area contributed by atoms with E-state index in [1.54, 1.807) is 28.6 Å². The molecule has 0 fully saturated rings. The highest BCUT2D eigenvalue weighted by atomic mass is 32.3. The number of pyridine rings is 7. The summed E-state index contributed by atoms with van der Waals surface area (Å²) < 4.78 is 13.2. The van der Waals surface area contributed by atoms with E-state index in [9.17, 15) is 0 Å². The summed E-state index contributed by atoms with van der Waals surface area (Å²) in [6, 6.07) is 74.1. The lowest BCUT2D eigenvalue weighted by Crippen LogP contribution is -2.04. The van der Waals surface area contributed by atoms with E-state index in [0.29, 0.717) is 0 Å². The molecule has 11 aromatic heterocycles. The average molecular weight is 1330 g/mol. The van der Waals surface area contributed by atoms with E-state index in [0.717, 1.165) is 47.7 Å². The molecule has 12 heteroatoms. The van der Waals surface area contributed by atoms with Crippen molar-refractivity contribution in [1.29, 1.82) is 0 Å². The molecule has 1 aliphatic heterocycles. The van der Waals surface area contributed by atoms with Crippen molar-refractivity contribution in [2.24, 2.45) is 0 Å². The van der Waals surface area contributed by atoms with Gasteiger partial charge in [-0.05, 0) is 147 Å². The van der Waals surface area contributed by atoms with Gasteiger partial charge >= 0.3 is 0 Å². The Hall–Kier alpha value is -11.0. The molecule has 478 valence electrons. The standard InChI is InChI=1S/C15H17NS.C14H14N2.2C12H9N.C11H7NO.2C11H7NS/c1-3-17(4-2)14-8-6-5-7-12(14)13-9-10-16-11-15(13)17;1-2-9-16-13-6-4-3-5-11(13)12-7-8-15-10-14(12)16;1-2-4-11-9(3-1)7-10-8-13-6-5-12(10)11;1-2-4-11-9(3-1)7-10-5-6-13-8-12(10)11;1-2-4-10-8(3-1)9-5-6-12-7-11(9)13-10;1-2-4-10-8(3-1)9-7-12-6-5-11(9)13-10;1-2-4-10-8(3-1)9-5-6-12-7-11(9)13-10/h5-11H,3-4H2,1-2H3;3-8,10H,2,9H2,1H3;2*1-6,8H,7H2;3*1-7H. The molecule has 0 amide bonds. The zero-order chi connectivity index (χ0) is 66.2. The minimum Gasteiger partial charge on any atom is -0.454 e. The van der Waals surface area contributed by atoms with Crippen LogP contribution in [0.3, 0.4) is 0 Å². The zero-order valence-electron chi connectivity index (χ0n) is 54.7. The summed E-state index contributed by atoms with van der Waals surface area (Å²) in [5.74, 6) is 2.44. The zero-order valence-corrected chi connectivity index (χ0v) is 57.2. The highest BCUT2D eigenvalue weighted by Gasteiger charge is 2.36. The van der Waals surface area contributed by atoms with E-state index in [-0.39, 0.29) is 0 Å². The summed E-state index contributed by atoms with van der Waals surface area (Å²) >= 11 is 3.62. The monoisotopic (exact) mass is 1330 g/mol. The Kier molecular flexibility index (Phi) is 18.5. The first-order valence-electron chi connectivity index (χ1n) is 33.3. The number of rotatable bonds is 4. The van der Waals surface area contributed by atoms with Crippen LogP contribution in [-0.4, -0.2) is 51.0 Å². The Morgan fingerprint density at radius 3 is 1.56 bits per heavy atom. The van der Waals surface area contributed by atoms with Crippen molar-refractivity contribution < 1.29 is 4.42 Å². The molecule has 21 rings (SSSR count). The van der Waals surface area contributed by atoms with Crippen molar-refractivity contribution in [3.05, 3.63) is 321 Å². The number of benzene rings is 7. The van der Waals surface area contributed by atoms with E-state index in [4.69, 9.17) is 4.42 Å². The Bertz CT molecular complexity index is 5150. The summed E-state index contributed by atoms with van der Waals surface area (Å²) in [5, 5.41) is 10.2. The molecule has 98 heavy (non-hydrogen) atoms. The molecule has 12 heterocycles. The number of hydrogen-bond donors (Lipinski definition) is 0. The second-order valence-corrected chi connectivity index (χ2v) is 30.0. The van der Waals surface area contributed by atoms with Gasteiger partial charge in [-0.3, -0.25) is 34.9 Å². The molecule has 0 N–H and O–H groups in total. The van der Waals surface area contributed by atoms with Crippen LogP contribution in [0.1, 0.15) is 49.4 Å². The molecule has 0 radical (unpaired) electrons. The maximum Gasteiger partial charge on any atom is 0.153 e. The predicted molar refractivity (Wildman–Crippen MR) is 413 cm³/mol. The highest BCUT2D eigenvalue weighted by molar-refractivity contribution is 8.34. The smallest absolute Gasteiger partial charge is 0.153 e. The largest absolute Gasteiger partial charge is 0.454 e. The van der Waals surface area contributed by atoms with Gasteiger partial charge in [0.05, 0.1) is 22.6 Å². The number of furan rings is 1. The van der Waals surface area contributed by atoms with Gasteiger partial charge < -0.3 is 8.98 Å². The molecule has 0 spiro atoms. The predicted octanol–water partition coefficient (Wildman–Crippen LogP) is 23.1. The quantitative estimate of drug-likeness (QED) is 0.171. The van der Waals surface area contributed by atoms with Crippen molar-refractivity contribution in [2.75, 3.05) is 11.5 Å². The van der Waals surface area contributed by atoms with Crippen LogP contribution >= 0.6 is 32.7 Å². The van der Waals surface area contributed by atoms with Gasteiger partial charge in [-0.2, -0.15) is 10.0 Å². The normalized spacial score (nSPS) is 12.5. The van der Waals surface area contributed by atoms with E-state index < -0.39 is 10.0 Å². The van der Waals surface area contributed by atoms with Crippen LogP contribution in [0.25, 0.3) is 117 Å². The lowest BCUT2D eigenvalue weighted by Gasteiger charge is -2.35. The molecular formula is C86H70N8OS3. The van der Waals surface area contributed by atoms with Gasteiger partial charge in [0.2, 0.25) is 0 Å². The molecule has 2 aliphatic carbocycles. The summed E-state index contributed by atoms with van der Waals surface area (Å²) in [6.07, 6.45) is 29.8. The van der Waals surface area contributed by atoms with Crippen LogP contribution in [-0.2, 0) is 19.4 Å². The molecule has 18 aromatic rings. The Balaban J connectivity index is 0.0000000936. The Morgan fingerprint density at radius 2 is 0.786 bits per heavy atom. The number of aromatic nitrogens is 8. The van der Waals surface area contributed by atoms with Gasteiger partial charge in [-0.15, -0.1) is 22.7 Å². The minimum atomic E-state index is -0.818. The summed E-state index contributed by atoms with van der Waals surface area (Å²) in [7, 11) is -0.818. The first-order valence-corrected chi connectivity index (χ1v) is 36.9. The Labute approximate surface area is 579 Å². The van der Waals surface area contributed by atoms with Crippen LogP contribution in [0.15, 0.2) is 313 Å². The van der Waals surface area contributed by atoms with Crippen molar-refractivity contribution in [1.82, 2.24) is 39.5 Å². The van der Waals surface area contributed by atoms with Crippen LogP contribution in [0.5, 0.6) is 0 Å². The fourth-order valence-corrected chi connectivity index (χ4v) is 19.7. The first-order chi connectivity index (χ1) is 48.5. The molecule has 0 saturated heterocycles. The molecule has 9 nitrogen and oxygen atoms in total. The lowest BCUT2D eigenvalue weighted by atomic mass is 10.1. The second-order valence-electron chi connectivity index (χ2n) is 24.0. The van der Waals surface area contributed by atoms with Gasteiger partial charge in [0.1, 0.15) is 5.58 Å². The second kappa shape index (κ2) is 28.7. The van der Waals surface area contributed by atoms with Crippen LogP contribution in [0, 0.1) is 0 Å². The molecule has 7 aromatic carbocycles. The van der Waals surface area contributed by atoms with Gasteiger partial charge in [-0.25, -0.2) is 0 Å². The van der Waals surface area contributed by atoms with Crippen LogP contribution in [0.4, 0.5) is 0 Å². The summed E-state index contributed by atoms with van der Waals surface area (Å²) in [6.45, 7) is 7.89. The topological polar surface area (TPSA) is 108 Å². The average Bonchev–Trinajstić information content (AvgIpc) is 1.58. The van der Waals surface area contributed by atoms with E-state index in [2.05, 4.69) is 254 Å². The highest BCUT2D eigenvalue weighted by Crippen LogP contribution is 2.70. The van der Waals surface area contributed by atoms with Crippen molar-refractivity contribution in [3.8, 4) is 33.4 Å². The number of thiophene rings is 2. The number of nitrogens with zero attached hydrogens (tertiary/aromatic N) is 8. The van der Waals surface area contributed by atoms with E-state index >= 15 is 0 Å². The number of aryl methyl sites for hydroxylation is 1. The Morgan fingerprint density at radius 1 is 0.316 bits per heavy atom. The maximum absolute atomic E-state index is 5.59. The molecule has 0 atom stereocenters. The van der Waals surface area contributed by atoms with Crippen LogP contribution in [0.2, 0.25) is 0 Å². The molecule has 0 saturated carbocycles.